The third-order valence-electron chi connectivity index (χ3n) is 3.04. The van der Waals surface area contributed by atoms with Gasteiger partial charge in [-0.25, -0.2) is 0 Å². The van der Waals surface area contributed by atoms with Crippen molar-refractivity contribution >= 4 is 5.78 Å². The Kier molecular flexibility index (Phi) is 2.29. The molecule has 2 aliphatic rings. The van der Waals surface area contributed by atoms with E-state index in [1.54, 1.807) is 0 Å². The van der Waals surface area contributed by atoms with Gasteiger partial charge in [0.15, 0.2) is 5.78 Å². The molecule has 0 aliphatic heterocycles. The molecule has 2 saturated carbocycles. The summed E-state index contributed by atoms with van der Waals surface area (Å²) in [6.45, 7) is 0. The van der Waals surface area contributed by atoms with Gasteiger partial charge in [0.05, 0.1) is 0 Å². The van der Waals surface area contributed by atoms with Crippen LogP contribution in [0.15, 0.2) is 11.6 Å². The molecule has 1 heteroatoms. The average Bonchev–Trinajstić information content (AvgIpc) is 2.65. The van der Waals surface area contributed by atoms with Crippen molar-refractivity contribution in [1.29, 1.82) is 0 Å². The number of rotatable bonds is 1. The van der Waals surface area contributed by atoms with Crippen molar-refractivity contribution in [3.8, 4) is 0 Å². The number of carbonyl (C=O) groups excluding carboxylic acids is 1. The monoisotopic (exact) mass is 164 g/mol. The van der Waals surface area contributed by atoms with E-state index in [1.165, 1.54) is 25.7 Å². The van der Waals surface area contributed by atoms with Crippen molar-refractivity contribution in [2.75, 3.05) is 0 Å². The van der Waals surface area contributed by atoms with Gasteiger partial charge in [0.25, 0.3) is 0 Å². The molecule has 0 aromatic heterocycles. The summed E-state index contributed by atoms with van der Waals surface area (Å²) in [5, 5.41) is 0. The SMILES string of the molecule is O=C1CCC/C1=C/C1CCCC1. The largest absolute Gasteiger partial charge is 0.295 e. The second kappa shape index (κ2) is 3.42. The normalized spacial score (nSPS) is 29.0. The standard InChI is InChI=1S/C11H16O/c12-11-7-3-6-10(11)8-9-4-1-2-5-9/h8-9H,1-7H2/b10-8-. The minimum atomic E-state index is 0.418. The van der Waals surface area contributed by atoms with Gasteiger partial charge in [-0.1, -0.05) is 18.9 Å². The molecule has 0 radical (unpaired) electrons. The number of ketones is 1. The van der Waals surface area contributed by atoms with Gasteiger partial charge in [0.1, 0.15) is 0 Å². The maximum atomic E-state index is 11.3. The van der Waals surface area contributed by atoms with Crippen LogP contribution in [-0.2, 0) is 4.79 Å². The predicted molar refractivity (Wildman–Crippen MR) is 48.9 cm³/mol. The van der Waals surface area contributed by atoms with E-state index >= 15 is 0 Å². The van der Waals surface area contributed by atoms with E-state index in [2.05, 4.69) is 6.08 Å². The van der Waals surface area contributed by atoms with Crippen LogP contribution in [0.5, 0.6) is 0 Å². The van der Waals surface area contributed by atoms with Gasteiger partial charge in [0, 0.05) is 6.42 Å². The molecule has 2 rings (SSSR count). The van der Waals surface area contributed by atoms with Gasteiger partial charge >= 0.3 is 0 Å². The Bertz CT molecular complexity index is 209. The van der Waals surface area contributed by atoms with Crippen molar-refractivity contribution in [2.45, 2.75) is 44.9 Å². The van der Waals surface area contributed by atoms with Crippen LogP contribution in [0.1, 0.15) is 44.9 Å². The van der Waals surface area contributed by atoms with Crippen molar-refractivity contribution in [3.05, 3.63) is 11.6 Å². The van der Waals surface area contributed by atoms with Gasteiger partial charge < -0.3 is 0 Å². The van der Waals surface area contributed by atoms with Crippen LogP contribution in [-0.4, -0.2) is 5.78 Å². The first-order valence-electron chi connectivity index (χ1n) is 5.10. The minimum Gasteiger partial charge on any atom is -0.295 e. The molecule has 0 bridgehead atoms. The molecule has 0 amide bonds. The molecule has 0 saturated heterocycles. The summed E-state index contributed by atoms with van der Waals surface area (Å²) in [4.78, 5) is 11.3. The fourth-order valence-corrected chi connectivity index (χ4v) is 2.32. The second-order valence-corrected chi connectivity index (χ2v) is 4.01. The van der Waals surface area contributed by atoms with E-state index < -0.39 is 0 Å². The topological polar surface area (TPSA) is 17.1 Å². The quantitative estimate of drug-likeness (QED) is 0.545. The van der Waals surface area contributed by atoms with E-state index in [0.29, 0.717) is 5.78 Å². The van der Waals surface area contributed by atoms with Gasteiger partial charge in [0.2, 0.25) is 0 Å². The molecule has 66 valence electrons. The number of carbonyl (C=O) groups is 1. The van der Waals surface area contributed by atoms with Crippen LogP contribution in [0.3, 0.4) is 0 Å². The molecule has 0 N–H and O–H groups in total. The van der Waals surface area contributed by atoms with E-state index in [4.69, 9.17) is 0 Å². The zero-order valence-corrected chi connectivity index (χ0v) is 7.51. The summed E-state index contributed by atoms with van der Waals surface area (Å²) in [5.41, 5.74) is 1.14. The molecule has 0 aromatic rings. The highest BCUT2D eigenvalue weighted by Crippen LogP contribution is 2.30. The summed E-state index contributed by atoms with van der Waals surface area (Å²) in [6.07, 6.45) is 10.6. The van der Waals surface area contributed by atoms with E-state index in [1.807, 2.05) is 0 Å². The van der Waals surface area contributed by atoms with Gasteiger partial charge in [-0.05, 0) is 37.2 Å². The zero-order chi connectivity index (χ0) is 8.39. The smallest absolute Gasteiger partial charge is 0.158 e. The fourth-order valence-electron chi connectivity index (χ4n) is 2.32. The van der Waals surface area contributed by atoms with Crippen LogP contribution < -0.4 is 0 Å². The lowest BCUT2D eigenvalue weighted by Gasteiger charge is -2.02. The number of hydrogen-bond donors (Lipinski definition) is 0. The summed E-state index contributed by atoms with van der Waals surface area (Å²) in [6, 6.07) is 0. The molecule has 2 aliphatic carbocycles. The first kappa shape index (κ1) is 8.03. The molecular formula is C11H16O. The lowest BCUT2D eigenvalue weighted by Crippen LogP contribution is -1.95. The van der Waals surface area contributed by atoms with Crippen LogP contribution in [0.25, 0.3) is 0 Å². The number of allylic oxidation sites excluding steroid dienone is 2. The van der Waals surface area contributed by atoms with E-state index in [-0.39, 0.29) is 0 Å². The molecular weight excluding hydrogens is 148 g/mol. The molecule has 0 atom stereocenters. The van der Waals surface area contributed by atoms with Crippen LogP contribution in [0, 0.1) is 5.92 Å². The maximum Gasteiger partial charge on any atom is 0.158 e. The second-order valence-electron chi connectivity index (χ2n) is 4.01. The summed E-state index contributed by atoms with van der Waals surface area (Å²) >= 11 is 0. The Morgan fingerprint density at radius 3 is 2.42 bits per heavy atom. The third kappa shape index (κ3) is 1.60. The van der Waals surface area contributed by atoms with Gasteiger partial charge in [-0.3, -0.25) is 4.79 Å². The molecule has 12 heavy (non-hydrogen) atoms. The Hall–Kier alpha value is -0.590. The predicted octanol–water partition coefficient (Wildman–Crippen LogP) is 2.86. The van der Waals surface area contributed by atoms with Gasteiger partial charge in [-0.15, -0.1) is 0 Å². The third-order valence-corrected chi connectivity index (χ3v) is 3.04. The van der Waals surface area contributed by atoms with Crippen molar-refractivity contribution < 1.29 is 4.79 Å². The van der Waals surface area contributed by atoms with Crippen LogP contribution in [0.2, 0.25) is 0 Å². The first-order valence-corrected chi connectivity index (χ1v) is 5.10. The lowest BCUT2D eigenvalue weighted by atomic mass is 10.0. The number of Topliss-reactive ketones (excluding diaryl/α,β-unsaturated/α-hetero) is 1. The molecule has 0 spiro atoms. The highest BCUT2D eigenvalue weighted by Gasteiger charge is 2.20. The molecule has 2 fully saturated rings. The fraction of sp³-hybridized carbons (Fsp3) is 0.727. The Balaban J connectivity index is 2.01. The first-order chi connectivity index (χ1) is 5.86. The zero-order valence-electron chi connectivity index (χ0n) is 7.51. The Labute approximate surface area is 73.8 Å². The highest BCUT2D eigenvalue weighted by molar-refractivity contribution is 5.97. The summed E-state index contributed by atoms with van der Waals surface area (Å²) in [7, 11) is 0. The Morgan fingerprint density at radius 1 is 1.08 bits per heavy atom. The van der Waals surface area contributed by atoms with Crippen molar-refractivity contribution in [2.24, 2.45) is 5.92 Å². The minimum absolute atomic E-state index is 0.418. The van der Waals surface area contributed by atoms with Gasteiger partial charge in [-0.2, -0.15) is 0 Å². The van der Waals surface area contributed by atoms with E-state index in [9.17, 15) is 4.79 Å². The Morgan fingerprint density at radius 2 is 1.83 bits per heavy atom. The lowest BCUT2D eigenvalue weighted by molar-refractivity contribution is -0.114. The van der Waals surface area contributed by atoms with Crippen LogP contribution >= 0.6 is 0 Å². The molecule has 0 heterocycles. The van der Waals surface area contributed by atoms with Crippen LogP contribution in [0.4, 0.5) is 0 Å². The van der Waals surface area contributed by atoms with Crippen molar-refractivity contribution in [1.82, 2.24) is 0 Å². The molecule has 0 unspecified atom stereocenters. The van der Waals surface area contributed by atoms with Crippen molar-refractivity contribution in [3.63, 3.8) is 0 Å². The summed E-state index contributed by atoms with van der Waals surface area (Å²) < 4.78 is 0. The maximum absolute atomic E-state index is 11.3. The highest BCUT2D eigenvalue weighted by atomic mass is 16.1. The summed E-state index contributed by atoms with van der Waals surface area (Å²) in [5.74, 6) is 1.16. The number of hydrogen-bond acceptors (Lipinski definition) is 1. The average molecular weight is 164 g/mol. The van der Waals surface area contributed by atoms with E-state index in [0.717, 1.165) is 30.8 Å². The molecule has 0 aromatic carbocycles. The molecule has 1 nitrogen and oxygen atoms in total.